The molecule has 0 aromatic carbocycles. The number of thioether (sulfide) groups is 2. The quantitative estimate of drug-likeness (QED) is 0.695. The fourth-order valence-corrected chi connectivity index (χ4v) is 6.62. The van der Waals surface area contributed by atoms with Crippen molar-refractivity contribution >= 4 is 23.5 Å². The van der Waals surface area contributed by atoms with Crippen LogP contribution in [0, 0.1) is 17.8 Å². The fraction of sp³-hybridized carbons (Fsp3) is 1.00. The molecule has 2 heteroatoms. The highest BCUT2D eigenvalue weighted by molar-refractivity contribution is 8.20. The van der Waals surface area contributed by atoms with E-state index in [0.29, 0.717) is 0 Å². The third-order valence-electron chi connectivity index (χ3n) is 3.59. The molecule has 1 aliphatic carbocycles. The van der Waals surface area contributed by atoms with E-state index >= 15 is 0 Å². The molecule has 1 saturated carbocycles. The third-order valence-corrected chi connectivity index (χ3v) is 7.79. The van der Waals surface area contributed by atoms with Crippen LogP contribution in [-0.2, 0) is 0 Å². The second-order valence-corrected chi connectivity index (χ2v) is 8.51. The molecule has 14 heavy (non-hydrogen) atoms. The summed E-state index contributed by atoms with van der Waals surface area (Å²) >= 11 is 4.55. The first-order valence-electron chi connectivity index (χ1n) is 5.89. The highest BCUT2D eigenvalue weighted by Crippen LogP contribution is 2.55. The summed E-state index contributed by atoms with van der Waals surface area (Å²) in [5.74, 6) is 2.77. The van der Waals surface area contributed by atoms with Crippen LogP contribution in [0.25, 0.3) is 0 Å². The van der Waals surface area contributed by atoms with E-state index in [4.69, 9.17) is 0 Å². The lowest BCUT2D eigenvalue weighted by Crippen LogP contribution is -2.08. The van der Waals surface area contributed by atoms with Crippen LogP contribution in [0.3, 0.4) is 0 Å². The van der Waals surface area contributed by atoms with Gasteiger partial charge in [0.25, 0.3) is 0 Å². The molecule has 2 rings (SSSR count). The molecule has 0 aromatic heterocycles. The van der Waals surface area contributed by atoms with E-state index in [1.54, 1.807) is 0 Å². The maximum absolute atomic E-state index is 2.39. The monoisotopic (exact) mass is 230 g/mol. The van der Waals surface area contributed by atoms with Gasteiger partial charge in [0.1, 0.15) is 0 Å². The normalized spacial score (nSPS) is 42.4. The van der Waals surface area contributed by atoms with Gasteiger partial charge < -0.3 is 0 Å². The lowest BCUT2D eigenvalue weighted by Gasteiger charge is -2.18. The predicted octanol–water partition coefficient (Wildman–Crippen LogP) is 4.25. The van der Waals surface area contributed by atoms with Crippen LogP contribution in [-0.4, -0.2) is 15.1 Å². The zero-order chi connectivity index (χ0) is 10.3. The minimum atomic E-state index is 0.855. The molecule has 0 amide bonds. The van der Waals surface area contributed by atoms with Gasteiger partial charge in [0.15, 0.2) is 0 Å². The third kappa shape index (κ3) is 2.11. The molecule has 2 unspecified atom stereocenters. The zero-order valence-corrected chi connectivity index (χ0v) is 11.3. The molecular formula is C12H22S2. The van der Waals surface area contributed by atoms with Gasteiger partial charge in [-0.2, -0.15) is 0 Å². The van der Waals surface area contributed by atoms with Gasteiger partial charge in [0, 0.05) is 10.5 Å². The van der Waals surface area contributed by atoms with Crippen LogP contribution in [0.1, 0.15) is 40.5 Å². The first-order valence-corrected chi connectivity index (χ1v) is 7.77. The molecule has 82 valence electrons. The summed E-state index contributed by atoms with van der Waals surface area (Å²) < 4.78 is 0.887. The van der Waals surface area contributed by atoms with E-state index in [0.717, 1.165) is 32.8 Å². The summed E-state index contributed by atoms with van der Waals surface area (Å²) in [5.41, 5.74) is 0. The van der Waals surface area contributed by atoms with Gasteiger partial charge in [-0.05, 0) is 30.6 Å². The highest BCUT2D eigenvalue weighted by Gasteiger charge is 2.44. The molecule has 0 nitrogen and oxygen atoms in total. The van der Waals surface area contributed by atoms with E-state index in [-0.39, 0.29) is 0 Å². The molecule has 1 aliphatic heterocycles. The molecule has 0 spiro atoms. The summed E-state index contributed by atoms with van der Waals surface area (Å²) in [5, 5.41) is 1.97. The summed E-state index contributed by atoms with van der Waals surface area (Å²) in [6.07, 6.45) is 2.98. The number of fused-ring (bicyclic) bond motifs is 1. The smallest absolute Gasteiger partial charge is 0.0531 e. The van der Waals surface area contributed by atoms with Gasteiger partial charge in [0.2, 0.25) is 0 Å². The second kappa shape index (κ2) is 4.29. The van der Waals surface area contributed by atoms with E-state index < -0.39 is 0 Å². The minimum absolute atomic E-state index is 0.855. The van der Waals surface area contributed by atoms with Crippen molar-refractivity contribution < 1.29 is 0 Å². The second-order valence-electron chi connectivity index (χ2n) is 5.44. The minimum Gasteiger partial charge on any atom is -0.143 e. The van der Waals surface area contributed by atoms with Gasteiger partial charge in [-0.1, -0.05) is 27.7 Å². The van der Waals surface area contributed by atoms with Crippen molar-refractivity contribution in [1.82, 2.24) is 0 Å². The maximum Gasteiger partial charge on any atom is 0.0531 e. The van der Waals surface area contributed by atoms with Crippen LogP contribution >= 0.6 is 23.5 Å². The standard InChI is InChI=1S/C12H22S2/c1-7(2)9-5-10-11(6-9)14-12(13-10)8(3)4/h7-12H,5-6H2,1-4H3. The van der Waals surface area contributed by atoms with Crippen LogP contribution in [0.15, 0.2) is 0 Å². The Hall–Kier alpha value is 0.700. The lowest BCUT2D eigenvalue weighted by molar-refractivity contribution is 0.397. The molecule has 0 radical (unpaired) electrons. The Morgan fingerprint density at radius 2 is 1.36 bits per heavy atom. The van der Waals surface area contributed by atoms with E-state index in [1.165, 1.54) is 12.8 Å². The average molecular weight is 230 g/mol. The molecule has 0 aromatic rings. The summed E-state index contributed by atoms with van der Waals surface area (Å²) in [7, 11) is 0. The topological polar surface area (TPSA) is 0 Å². The van der Waals surface area contributed by atoms with Crippen LogP contribution in [0.2, 0.25) is 0 Å². The molecular weight excluding hydrogens is 208 g/mol. The number of hydrogen-bond acceptors (Lipinski definition) is 2. The Morgan fingerprint density at radius 3 is 1.71 bits per heavy atom. The Kier molecular flexibility index (Phi) is 3.43. The van der Waals surface area contributed by atoms with E-state index in [9.17, 15) is 0 Å². The van der Waals surface area contributed by atoms with Crippen molar-refractivity contribution in [2.45, 2.75) is 55.6 Å². The van der Waals surface area contributed by atoms with Gasteiger partial charge >= 0.3 is 0 Å². The molecule has 1 saturated heterocycles. The summed E-state index contributed by atoms with van der Waals surface area (Å²) in [6, 6.07) is 0. The molecule has 2 fully saturated rings. The molecule has 1 heterocycles. The molecule has 0 bridgehead atoms. The van der Waals surface area contributed by atoms with Crippen molar-refractivity contribution in [3.8, 4) is 0 Å². The van der Waals surface area contributed by atoms with Crippen molar-refractivity contribution in [3.63, 3.8) is 0 Å². The van der Waals surface area contributed by atoms with Crippen LogP contribution < -0.4 is 0 Å². The van der Waals surface area contributed by atoms with E-state index in [1.807, 2.05) is 0 Å². The SMILES string of the molecule is CC(C)C1CC2SC(C(C)C)SC2C1. The van der Waals surface area contributed by atoms with Crippen molar-refractivity contribution in [1.29, 1.82) is 0 Å². The van der Waals surface area contributed by atoms with Gasteiger partial charge in [-0.25, -0.2) is 0 Å². The molecule has 0 N–H and O–H groups in total. The van der Waals surface area contributed by atoms with Gasteiger partial charge in [0.05, 0.1) is 4.58 Å². The Labute approximate surface area is 97.0 Å². The van der Waals surface area contributed by atoms with Crippen LogP contribution in [0.5, 0.6) is 0 Å². The molecule has 2 aliphatic rings. The summed E-state index contributed by atoms with van der Waals surface area (Å²) in [6.45, 7) is 9.51. The highest BCUT2D eigenvalue weighted by atomic mass is 32.2. The first-order chi connectivity index (χ1) is 6.58. The molecule has 2 atom stereocenters. The van der Waals surface area contributed by atoms with Gasteiger partial charge in [-0.15, -0.1) is 23.5 Å². The van der Waals surface area contributed by atoms with Gasteiger partial charge in [-0.3, -0.25) is 0 Å². The van der Waals surface area contributed by atoms with Crippen molar-refractivity contribution in [2.75, 3.05) is 0 Å². The maximum atomic E-state index is 2.39. The Bertz CT molecular complexity index is 166. The Balaban J connectivity index is 1.90. The number of hydrogen-bond donors (Lipinski definition) is 0. The fourth-order valence-electron chi connectivity index (χ4n) is 2.52. The Morgan fingerprint density at radius 1 is 0.857 bits per heavy atom. The van der Waals surface area contributed by atoms with Crippen molar-refractivity contribution in [2.24, 2.45) is 17.8 Å². The predicted molar refractivity (Wildman–Crippen MR) is 68.9 cm³/mol. The summed E-state index contributed by atoms with van der Waals surface area (Å²) in [4.78, 5) is 0. The van der Waals surface area contributed by atoms with Crippen LogP contribution in [0.4, 0.5) is 0 Å². The van der Waals surface area contributed by atoms with E-state index in [2.05, 4.69) is 51.2 Å². The largest absolute Gasteiger partial charge is 0.143 e. The number of rotatable bonds is 2. The first kappa shape index (κ1) is 11.2. The average Bonchev–Trinajstić information content (AvgIpc) is 2.57. The zero-order valence-electron chi connectivity index (χ0n) is 9.69. The van der Waals surface area contributed by atoms with Crippen molar-refractivity contribution in [3.05, 3.63) is 0 Å². The lowest BCUT2D eigenvalue weighted by atomic mass is 9.95.